The highest BCUT2D eigenvalue weighted by Crippen LogP contribution is 2.60. The minimum absolute atomic E-state index is 0.282. The predicted molar refractivity (Wildman–Crippen MR) is 176 cm³/mol. The highest BCUT2D eigenvalue weighted by Gasteiger charge is 2.52. The van der Waals surface area contributed by atoms with Crippen molar-refractivity contribution in [2.24, 2.45) is 17.3 Å². The fraction of sp³-hybridized carbons (Fsp3) is 0.618. The Morgan fingerprint density at radius 1 is 1.09 bits per heavy atom. The number of nitrogens with two attached hydrogens (primary N) is 1. The van der Waals surface area contributed by atoms with Crippen LogP contribution in [0.2, 0.25) is 0 Å². The summed E-state index contributed by atoms with van der Waals surface area (Å²) >= 11 is 0. The number of fused-ring (bicyclic) bond motifs is 1. The molecule has 1 amide bonds. The lowest BCUT2D eigenvalue weighted by molar-refractivity contribution is -0.0664. The Kier molecular flexibility index (Phi) is 9.87. The standard InChI is InChI=1S/C34H51N7O3/c1-6-7-8-12-37-30-29-27(39-31(35)40-30)11-13-41(29)22-26-10-9-23(14-28(26)43-5)19-36-20-24-15-34(16-24)17-25(18-34)21-38-32(42)44-33(2,3)4/h9-11,13-14,24-25,36H,6-8,12,15-22H2,1-5H3,(H,38,42)(H3,35,37,39,40). The van der Waals surface area contributed by atoms with Gasteiger partial charge in [-0.15, -0.1) is 0 Å². The molecule has 2 heterocycles. The van der Waals surface area contributed by atoms with Crippen molar-refractivity contribution in [1.82, 2.24) is 25.2 Å². The van der Waals surface area contributed by atoms with Gasteiger partial charge >= 0.3 is 6.09 Å². The number of ether oxygens (including phenoxy) is 2. The van der Waals surface area contributed by atoms with Crippen molar-refractivity contribution in [3.8, 4) is 5.75 Å². The lowest BCUT2D eigenvalue weighted by Crippen LogP contribution is -2.52. The second-order valence-electron chi connectivity index (χ2n) is 14.0. The first-order valence-corrected chi connectivity index (χ1v) is 16.3. The molecule has 2 fully saturated rings. The van der Waals surface area contributed by atoms with Crippen molar-refractivity contribution >= 4 is 28.9 Å². The van der Waals surface area contributed by atoms with Crippen LogP contribution in [0.15, 0.2) is 30.5 Å². The number of anilines is 2. The summed E-state index contributed by atoms with van der Waals surface area (Å²) in [6.07, 6.45) is 10.1. The fourth-order valence-corrected chi connectivity index (χ4v) is 7.09. The molecule has 0 radical (unpaired) electrons. The summed E-state index contributed by atoms with van der Waals surface area (Å²) in [6.45, 7) is 11.9. The minimum atomic E-state index is -0.453. The summed E-state index contributed by atoms with van der Waals surface area (Å²) in [5.41, 5.74) is 10.2. The molecule has 10 nitrogen and oxygen atoms in total. The van der Waals surface area contributed by atoms with E-state index in [1.54, 1.807) is 7.11 Å². The summed E-state index contributed by atoms with van der Waals surface area (Å²) < 4.78 is 13.3. The number of carbonyl (C=O) groups excluding carboxylic acids is 1. The van der Waals surface area contributed by atoms with E-state index in [2.05, 4.69) is 55.6 Å². The number of amides is 1. The molecule has 2 aliphatic carbocycles. The zero-order valence-corrected chi connectivity index (χ0v) is 27.2. The first kappa shape index (κ1) is 31.9. The number of methoxy groups -OCH3 is 1. The Morgan fingerprint density at radius 2 is 1.84 bits per heavy atom. The van der Waals surface area contributed by atoms with E-state index in [4.69, 9.17) is 15.2 Å². The van der Waals surface area contributed by atoms with Crippen molar-refractivity contribution < 1.29 is 14.3 Å². The maximum Gasteiger partial charge on any atom is 0.407 e. The second-order valence-corrected chi connectivity index (χ2v) is 14.0. The number of carbonyl (C=O) groups is 1. The van der Waals surface area contributed by atoms with E-state index in [0.717, 1.165) is 66.7 Å². The molecule has 10 heteroatoms. The molecule has 2 aliphatic rings. The van der Waals surface area contributed by atoms with Crippen molar-refractivity contribution in [2.75, 3.05) is 37.8 Å². The fourth-order valence-electron chi connectivity index (χ4n) is 7.09. The van der Waals surface area contributed by atoms with E-state index in [1.807, 2.05) is 33.0 Å². The lowest BCUT2D eigenvalue weighted by Gasteiger charge is -2.58. The number of benzene rings is 1. The quantitative estimate of drug-likeness (QED) is 0.163. The van der Waals surface area contributed by atoms with Gasteiger partial charge in [0.1, 0.15) is 16.9 Å². The summed E-state index contributed by atoms with van der Waals surface area (Å²) in [4.78, 5) is 20.9. The molecule has 2 aromatic heterocycles. The highest BCUT2D eigenvalue weighted by molar-refractivity contribution is 5.87. The molecule has 44 heavy (non-hydrogen) atoms. The van der Waals surface area contributed by atoms with Crippen LogP contribution in [0.3, 0.4) is 0 Å². The van der Waals surface area contributed by atoms with Crippen LogP contribution in [0.25, 0.3) is 11.0 Å². The van der Waals surface area contributed by atoms with Crippen LogP contribution in [0.4, 0.5) is 16.6 Å². The molecule has 1 spiro atoms. The molecular formula is C34H51N7O3. The van der Waals surface area contributed by atoms with E-state index >= 15 is 0 Å². The number of nitrogen functional groups attached to an aromatic ring is 1. The smallest absolute Gasteiger partial charge is 0.407 e. The van der Waals surface area contributed by atoms with E-state index in [1.165, 1.54) is 44.1 Å². The van der Waals surface area contributed by atoms with Gasteiger partial charge in [0.2, 0.25) is 5.95 Å². The third-order valence-electron chi connectivity index (χ3n) is 8.98. The molecule has 0 atom stereocenters. The number of hydrogen-bond acceptors (Lipinski definition) is 8. The molecule has 0 saturated heterocycles. The zero-order valence-electron chi connectivity index (χ0n) is 27.2. The highest BCUT2D eigenvalue weighted by atomic mass is 16.6. The maximum absolute atomic E-state index is 11.9. The Hall–Kier alpha value is -3.53. The van der Waals surface area contributed by atoms with Crippen LogP contribution in [-0.2, 0) is 17.8 Å². The van der Waals surface area contributed by atoms with E-state index < -0.39 is 5.60 Å². The third-order valence-corrected chi connectivity index (χ3v) is 8.98. The van der Waals surface area contributed by atoms with Gasteiger partial charge in [-0.25, -0.2) is 9.78 Å². The van der Waals surface area contributed by atoms with Gasteiger partial charge in [-0.05, 0) is 94.4 Å². The van der Waals surface area contributed by atoms with Crippen LogP contribution >= 0.6 is 0 Å². The molecule has 1 aromatic carbocycles. The zero-order chi connectivity index (χ0) is 31.3. The molecule has 5 rings (SSSR count). The topological polar surface area (TPSA) is 128 Å². The molecule has 0 aliphatic heterocycles. The number of unbranched alkanes of at least 4 members (excludes halogenated alkanes) is 2. The van der Waals surface area contributed by atoms with Gasteiger partial charge < -0.3 is 35.7 Å². The molecule has 0 unspecified atom stereocenters. The number of rotatable bonds is 14. The van der Waals surface area contributed by atoms with Crippen molar-refractivity contribution in [1.29, 1.82) is 0 Å². The molecule has 2 saturated carbocycles. The predicted octanol–water partition coefficient (Wildman–Crippen LogP) is 6.09. The van der Waals surface area contributed by atoms with Crippen LogP contribution in [0.1, 0.15) is 83.8 Å². The number of hydrogen-bond donors (Lipinski definition) is 4. The summed E-state index contributed by atoms with van der Waals surface area (Å²) in [5, 5.41) is 10.1. The minimum Gasteiger partial charge on any atom is -0.496 e. The van der Waals surface area contributed by atoms with Crippen LogP contribution in [-0.4, -0.2) is 53.0 Å². The third kappa shape index (κ3) is 7.94. The largest absolute Gasteiger partial charge is 0.496 e. The van der Waals surface area contributed by atoms with Crippen molar-refractivity contribution in [2.45, 2.75) is 91.3 Å². The summed E-state index contributed by atoms with van der Waals surface area (Å²) in [6, 6.07) is 8.48. The van der Waals surface area contributed by atoms with Gasteiger partial charge in [-0.1, -0.05) is 31.9 Å². The summed E-state index contributed by atoms with van der Waals surface area (Å²) in [7, 11) is 1.73. The molecule has 240 valence electrons. The average molecular weight is 606 g/mol. The van der Waals surface area contributed by atoms with E-state index in [0.29, 0.717) is 17.9 Å². The Bertz CT molecular complexity index is 1420. The lowest BCUT2D eigenvalue weighted by atomic mass is 9.48. The number of nitrogens with zero attached hydrogens (tertiary/aromatic N) is 3. The SMILES string of the molecule is CCCCCNc1nc(N)nc2ccn(Cc3ccc(CNCC4CC5(C4)CC(CNC(=O)OC(C)(C)C)C5)cc3OC)c12. The molecule has 3 aromatic rings. The number of aromatic nitrogens is 3. The normalized spacial score (nSPS) is 21.1. The summed E-state index contributed by atoms with van der Waals surface area (Å²) in [5.74, 6) is 3.23. The first-order chi connectivity index (χ1) is 21.1. The van der Waals surface area contributed by atoms with Gasteiger partial charge in [0.05, 0.1) is 19.2 Å². The van der Waals surface area contributed by atoms with E-state index in [-0.39, 0.29) is 12.0 Å². The molecular weight excluding hydrogens is 554 g/mol. The van der Waals surface area contributed by atoms with Crippen molar-refractivity contribution in [3.05, 3.63) is 41.6 Å². The van der Waals surface area contributed by atoms with Crippen molar-refractivity contribution in [3.63, 3.8) is 0 Å². The van der Waals surface area contributed by atoms with Gasteiger partial charge in [-0.2, -0.15) is 4.98 Å². The number of alkyl carbamates (subject to hydrolysis) is 1. The van der Waals surface area contributed by atoms with Gasteiger partial charge in [-0.3, -0.25) is 0 Å². The van der Waals surface area contributed by atoms with E-state index in [9.17, 15) is 4.79 Å². The van der Waals surface area contributed by atoms with Crippen LogP contribution < -0.4 is 26.4 Å². The monoisotopic (exact) mass is 605 g/mol. The van der Waals surface area contributed by atoms with Gasteiger partial charge in [0.25, 0.3) is 0 Å². The second kappa shape index (κ2) is 13.6. The maximum atomic E-state index is 11.9. The van der Waals surface area contributed by atoms with Gasteiger partial charge in [0, 0.05) is 31.4 Å². The van der Waals surface area contributed by atoms with Crippen LogP contribution in [0.5, 0.6) is 5.75 Å². The van der Waals surface area contributed by atoms with Crippen LogP contribution in [0, 0.1) is 17.3 Å². The Morgan fingerprint density at radius 3 is 2.55 bits per heavy atom. The number of nitrogens with one attached hydrogen (secondary N) is 3. The Labute approximate surface area is 261 Å². The average Bonchev–Trinajstić information content (AvgIpc) is 3.32. The molecule has 0 bridgehead atoms. The first-order valence-electron chi connectivity index (χ1n) is 16.3. The Balaban J connectivity index is 1.08. The van der Waals surface area contributed by atoms with Gasteiger partial charge in [0.15, 0.2) is 5.82 Å². The molecule has 5 N–H and O–H groups in total.